The monoisotopic (exact) mass is 664 g/mol. The Morgan fingerprint density at radius 1 is 0.787 bits per heavy atom. The predicted molar refractivity (Wildman–Crippen MR) is 187 cm³/mol. The second kappa shape index (κ2) is 14.9. The highest BCUT2D eigenvalue weighted by atomic mass is 35.5. The summed E-state index contributed by atoms with van der Waals surface area (Å²) in [6.07, 6.45) is 0.122. The standard InChI is InChI=1S/C39H34Cl2N2O4/c40-34-21-12-28(24-35(34)41)26-42-38(45)39(25-27-8-3-1-4-9-27)36(31-15-13-30(14-16-31)29-10-5-2-6-11-29)47-37(43-39)32-17-19-33(20-18-32)46-23-7-22-44/h1-6,8-21,24,36,44H,7,22-23,25-26H2,(H,42,45)/t36-,39-/m1/s1. The first kappa shape index (κ1) is 32.3. The Balaban J connectivity index is 1.39. The van der Waals surface area contributed by atoms with E-state index in [9.17, 15) is 4.79 Å². The molecule has 2 atom stereocenters. The van der Waals surface area contributed by atoms with Crippen LogP contribution in [0.1, 0.15) is 34.8 Å². The second-order valence-corrected chi connectivity index (χ2v) is 12.2. The van der Waals surface area contributed by atoms with Crippen molar-refractivity contribution in [3.8, 4) is 16.9 Å². The minimum absolute atomic E-state index is 0.0626. The van der Waals surface area contributed by atoms with Crippen LogP contribution in [-0.4, -0.2) is 35.7 Å². The number of hydrogen-bond donors (Lipinski definition) is 2. The largest absolute Gasteiger partial charge is 0.494 e. The number of carbonyl (C=O) groups excluding carboxylic acids is 1. The fourth-order valence-electron chi connectivity index (χ4n) is 5.66. The maximum atomic E-state index is 14.5. The number of amides is 1. The molecule has 2 N–H and O–H groups in total. The van der Waals surface area contributed by atoms with Gasteiger partial charge < -0.3 is 19.9 Å². The van der Waals surface area contributed by atoms with E-state index >= 15 is 0 Å². The first-order chi connectivity index (χ1) is 22.9. The summed E-state index contributed by atoms with van der Waals surface area (Å²) >= 11 is 12.4. The van der Waals surface area contributed by atoms with E-state index in [2.05, 4.69) is 17.4 Å². The van der Waals surface area contributed by atoms with E-state index in [4.69, 9.17) is 42.8 Å². The van der Waals surface area contributed by atoms with E-state index < -0.39 is 11.6 Å². The average molecular weight is 666 g/mol. The number of aliphatic imine (C=N–C) groups is 1. The van der Waals surface area contributed by atoms with Crippen LogP contribution in [0.2, 0.25) is 10.0 Å². The molecule has 6 rings (SSSR count). The number of hydrogen-bond acceptors (Lipinski definition) is 5. The maximum Gasteiger partial charge on any atom is 0.252 e. The fourth-order valence-corrected chi connectivity index (χ4v) is 5.98. The van der Waals surface area contributed by atoms with Crippen molar-refractivity contribution >= 4 is 35.0 Å². The van der Waals surface area contributed by atoms with Crippen LogP contribution in [0.3, 0.4) is 0 Å². The van der Waals surface area contributed by atoms with Gasteiger partial charge in [0.2, 0.25) is 5.90 Å². The van der Waals surface area contributed by atoms with Gasteiger partial charge in [0.1, 0.15) is 5.75 Å². The van der Waals surface area contributed by atoms with Gasteiger partial charge in [-0.25, -0.2) is 4.99 Å². The molecule has 0 unspecified atom stereocenters. The minimum atomic E-state index is -1.34. The number of nitrogens with one attached hydrogen (secondary N) is 1. The van der Waals surface area contributed by atoms with E-state index in [-0.39, 0.29) is 19.1 Å². The molecule has 5 aromatic carbocycles. The summed E-state index contributed by atoms with van der Waals surface area (Å²) in [6, 6.07) is 40.8. The van der Waals surface area contributed by atoms with Gasteiger partial charge >= 0.3 is 0 Å². The van der Waals surface area contributed by atoms with Crippen LogP contribution in [0.5, 0.6) is 5.75 Å². The second-order valence-electron chi connectivity index (χ2n) is 11.4. The molecular weight excluding hydrogens is 631 g/mol. The summed E-state index contributed by atoms with van der Waals surface area (Å²) < 4.78 is 12.4. The molecule has 0 spiro atoms. The normalized spacial score (nSPS) is 17.1. The number of halogens is 2. The molecule has 0 aromatic heterocycles. The van der Waals surface area contributed by atoms with Gasteiger partial charge in [-0.1, -0.05) is 114 Å². The molecule has 47 heavy (non-hydrogen) atoms. The zero-order valence-electron chi connectivity index (χ0n) is 25.6. The molecule has 0 aliphatic carbocycles. The lowest BCUT2D eigenvalue weighted by molar-refractivity contribution is -0.129. The van der Waals surface area contributed by atoms with E-state index in [0.717, 1.165) is 33.4 Å². The van der Waals surface area contributed by atoms with Crippen LogP contribution in [0, 0.1) is 0 Å². The van der Waals surface area contributed by atoms with Gasteiger partial charge in [0.05, 0.1) is 16.7 Å². The van der Waals surface area contributed by atoms with E-state index in [1.807, 2.05) is 103 Å². The van der Waals surface area contributed by atoms with Crippen molar-refractivity contribution in [3.05, 3.63) is 160 Å². The van der Waals surface area contributed by atoms with Gasteiger partial charge in [-0.15, -0.1) is 0 Å². The molecule has 0 radical (unpaired) electrons. The molecule has 1 aliphatic rings. The van der Waals surface area contributed by atoms with E-state index in [1.54, 1.807) is 12.1 Å². The Morgan fingerprint density at radius 2 is 1.45 bits per heavy atom. The van der Waals surface area contributed by atoms with Crippen LogP contribution < -0.4 is 10.1 Å². The van der Waals surface area contributed by atoms with Crippen LogP contribution in [0.15, 0.2) is 132 Å². The summed E-state index contributed by atoms with van der Waals surface area (Å²) in [5.41, 5.74) is 4.13. The third kappa shape index (κ3) is 7.52. The van der Waals surface area contributed by atoms with Crippen molar-refractivity contribution in [2.45, 2.75) is 31.0 Å². The molecule has 0 bridgehead atoms. The van der Waals surface area contributed by atoms with Gasteiger partial charge in [-0.05, 0) is 64.2 Å². The lowest BCUT2D eigenvalue weighted by Crippen LogP contribution is -2.49. The predicted octanol–water partition coefficient (Wildman–Crippen LogP) is 8.24. The minimum Gasteiger partial charge on any atom is -0.494 e. The Hall–Kier alpha value is -4.62. The summed E-state index contributed by atoms with van der Waals surface area (Å²) in [6.45, 7) is 0.706. The molecule has 5 aromatic rings. The van der Waals surface area contributed by atoms with Gasteiger partial charge in [0.15, 0.2) is 11.6 Å². The molecule has 0 saturated heterocycles. The van der Waals surface area contributed by atoms with Crippen molar-refractivity contribution in [3.63, 3.8) is 0 Å². The summed E-state index contributed by atoms with van der Waals surface area (Å²) in [4.78, 5) is 19.7. The van der Waals surface area contributed by atoms with Crippen molar-refractivity contribution in [1.29, 1.82) is 0 Å². The van der Waals surface area contributed by atoms with Gasteiger partial charge in [-0.3, -0.25) is 4.79 Å². The molecule has 238 valence electrons. The Labute approximate surface area is 284 Å². The van der Waals surface area contributed by atoms with E-state index in [1.165, 1.54) is 0 Å². The zero-order chi connectivity index (χ0) is 32.6. The van der Waals surface area contributed by atoms with Crippen LogP contribution in [-0.2, 0) is 22.5 Å². The van der Waals surface area contributed by atoms with Gasteiger partial charge in [-0.2, -0.15) is 0 Å². The third-order valence-corrected chi connectivity index (χ3v) is 8.84. The number of aliphatic hydroxyl groups excluding tert-OH is 1. The molecule has 1 aliphatic heterocycles. The first-order valence-electron chi connectivity index (χ1n) is 15.5. The zero-order valence-corrected chi connectivity index (χ0v) is 27.1. The first-order valence-corrected chi connectivity index (χ1v) is 16.2. The van der Waals surface area contributed by atoms with Crippen molar-refractivity contribution in [2.24, 2.45) is 4.99 Å². The number of benzene rings is 5. The number of ether oxygens (including phenoxy) is 2. The lowest BCUT2D eigenvalue weighted by atomic mass is 9.81. The third-order valence-electron chi connectivity index (χ3n) is 8.10. The van der Waals surface area contributed by atoms with Crippen LogP contribution in [0.25, 0.3) is 11.1 Å². The topological polar surface area (TPSA) is 80.2 Å². The highest BCUT2D eigenvalue weighted by Crippen LogP contribution is 2.43. The molecule has 8 heteroatoms. The summed E-state index contributed by atoms with van der Waals surface area (Å²) in [5, 5.41) is 13.1. The van der Waals surface area contributed by atoms with Gasteiger partial charge in [0.25, 0.3) is 5.91 Å². The number of carbonyl (C=O) groups is 1. The molecular formula is C39H34Cl2N2O4. The van der Waals surface area contributed by atoms with Crippen molar-refractivity contribution < 1.29 is 19.4 Å². The number of rotatable bonds is 12. The summed E-state index contributed by atoms with van der Waals surface area (Å²) in [7, 11) is 0. The molecule has 1 heterocycles. The fraction of sp³-hybridized carbons (Fsp3) is 0.179. The average Bonchev–Trinajstić information content (AvgIpc) is 3.50. The molecule has 0 fully saturated rings. The Bertz CT molecular complexity index is 1830. The quantitative estimate of drug-likeness (QED) is 0.132. The highest BCUT2D eigenvalue weighted by Gasteiger charge is 2.53. The van der Waals surface area contributed by atoms with Crippen LogP contribution in [0.4, 0.5) is 0 Å². The highest BCUT2D eigenvalue weighted by molar-refractivity contribution is 6.42. The van der Waals surface area contributed by atoms with E-state index in [0.29, 0.717) is 41.1 Å². The molecule has 1 amide bonds. The maximum absolute atomic E-state index is 14.5. The van der Waals surface area contributed by atoms with Crippen LogP contribution >= 0.6 is 23.2 Å². The Kier molecular flexibility index (Phi) is 10.2. The SMILES string of the molecule is O=C(NCc1ccc(Cl)c(Cl)c1)[C@]1(Cc2ccccc2)N=C(c2ccc(OCCCO)cc2)O[C@@H]1c1ccc(-c2ccccc2)cc1. The van der Waals surface area contributed by atoms with Gasteiger partial charge in [0, 0.05) is 31.6 Å². The van der Waals surface area contributed by atoms with Crippen molar-refractivity contribution in [1.82, 2.24) is 5.32 Å². The lowest BCUT2D eigenvalue weighted by Gasteiger charge is -2.31. The summed E-state index contributed by atoms with van der Waals surface area (Å²) in [5.74, 6) is 0.761. The molecule has 0 saturated carbocycles. The molecule has 6 nitrogen and oxygen atoms in total. The Morgan fingerprint density at radius 3 is 2.13 bits per heavy atom. The number of nitrogens with zero attached hydrogens (tertiary/aromatic N) is 1. The smallest absolute Gasteiger partial charge is 0.252 e. The number of aliphatic hydroxyl groups is 1. The van der Waals surface area contributed by atoms with Crippen molar-refractivity contribution in [2.75, 3.05) is 13.2 Å².